The number of hydrogen-bond donors (Lipinski definition) is 0. The van der Waals surface area contributed by atoms with E-state index in [9.17, 15) is 9.59 Å². The molecule has 0 bridgehead atoms. The second kappa shape index (κ2) is 7.57. The van der Waals surface area contributed by atoms with Gasteiger partial charge in [0.05, 0.1) is 18.6 Å². The summed E-state index contributed by atoms with van der Waals surface area (Å²) < 4.78 is 5.33. The fraction of sp³-hybridized carbons (Fsp3) is 0.556. The molecule has 130 valence electrons. The molecule has 2 heterocycles. The molecule has 2 aliphatic rings. The van der Waals surface area contributed by atoms with Crippen molar-refractivity contribution >= 4 is 23.6 Å². The van der Waals surface area contributed by atoms with Gasteiger partial charge in [-0.2, -0.15) is 0 Å². The van der Waals surface area contributed by atoms with Gasteiger partial charge in [0.1, 0.15) is 6.04 Å². The standard InChI is InChI=1S/C18H24N2O3S/c1-3-16-20(17(21)14-6-4-5-13(2)11-14)15(12-24-16)18(22)19-7-9-23-10-8-19/h4-6,11,15-16H,3,7-10,12H2,1-2H3. The number of carbonyl (C=O) groups is 2. The Labute approximate surface area is 147 Å². The lowest BCUT2D eigenvalue weighted by Crippen LogP contribution is -2.53. The molecule has 0 aromatic heterocycles. The Balaban J connectivity index is 1.83. The Morgan fingerprint density at radius 2 is 2.04 bits per heavy atom. The van der Waals surface area contributed by atoms with Gasteiger partial charge >= 0.3 is 0 Å². The van der Waals surface area contributed by atoms with E-state index in [1.54, 1.807) is 16.7 Å². The fourth-order valence-corrected chi connectivity index (χ4v) is 4.61. The van der Waals surface area contributed by atoms with Crippen LogP contribution in [-0.2, 0) is 9.53 Å². The molecule has 0 spiro atoms. The number of benzene rings is 1. The van der Waals surface area contributed by atoms with Crippen LogP contribution in [0.3, 0.4) is 0 Å². The molecule has 24 heavy (non-hydrogen) atoms. The van der Waals surface area contributed by atoms with Crippen molar-refractivity contribution in [3.63, 3.8) is 0 Å². The molecule has 2 aliphatic heterocycles. The minimum absolute atomic E-state index is 0.0397. The SMILES string of the molecule is CCC1SCC(C(=O)N2CCOCC2)N1C(=O)c1cccc(C)c1. The third-order valence-electron chi connectivity index (χ3n) is 4.55. The smallest absolute Gasteiger partial charge is 0.255 e. The maximum Gasteiger partial charge on any atom is 0.255 e. The van der Waals surface area contributed by atoms with E-state index in [-0.39, 0.29) is 23.2 Å². The van der Waals surface area contributed by atoms with Crippen molar-refractivity contribution in [2.45, 2.75) is 31.7 Å². The lowest BCUT2D eigenvalue weighted by molar-refractivity contribution is -0.139. The Hall–Kier alpha value is -1.53. The Kier molecular flexibility index (Phi) is 5.46. The van der Waals surface area contributed by atoms with Gasteiger partial charge in [0, 0.05) is 24.4 Å². The number of nitrogens with zero attached hydrogens (tertiary/aromatic N) is 2. The van der Waals surface area contributed by atoms with Crippen molar-refractivity contribution in [1.29, 1.82) is 0 Å². The van der Waals surface area contributed by atoms with Crippen LogP contribution in [0.4, 0.5) is 0 Å². The van der Waals surface area contributed by atoms with Crippen LogP contribution < -0.4 is 0 Å². The van der Waals surface area contributed by atoms with E-state index in [2.05, 4.69) is 6.92 Å². The van der Waals surface area contributed by atoms with Crippen LogP contribution in [0.15, 0.2) is 24.3 Å². The minimum Gasteiger partial charge on any atom is -0.378 e. The summed E-state index contributed by atoms with van der Waals surface area (Å²) in [7, 11) is 0. The summed E-state index contributed by atoms with van der Waals surface area (Å²) >= 11 is 1.70. The normalized spacial score (nSPS) is 24.2. The van der Waals surface area contributed by atoms with Gasteiger partial charge in [-0.25, -0.2) is 0 Å². The maximum atomic E-state index is 13.1. The summed E-state index contributed by atoms with van der Waals surface area (Å²) in [5.74, 6) is 0.691. The highest BCUT2D eigenvalue weighted by atomic mass is 32.2. The van der Waals surface area contributed by atoms with E-state index in [4.69, 9.17) is 4.74 Å². The predicted octanol–water partition coefficient (Wildman–Crippen LogP) is 2.15. The third-order valence-corrected chi connectivity index (χ3v) is 6.00. The average molecular weight is 348 g/mol. The molecule has 0 radical (unpaired) electrons. The molecule has 0 N–H and O–H groups in total. The van der Waals surface area contributed by atoms with Gasteiger partial charge in [0.15, 0.2) is 0 Å². The highest BCUT2D eigenvalue weighted by molar-refractivity contribution is 8.00. The van der Waals surface area contributed by atoms with E-state index >= 15 is 0 Å². The van der Waals surface area contributed by atoms with Crippen LogP contribution in [0.25, 0.3) is 0 Å². The van der Waals surface area contributed by atoms with Gasteiger partial charge in [0.2, 0.25) is 5.91 Å². The van der Waals surface area contributed by atoms with Crippen LogP contribution in [0.2, 0.25) is 0 Å². The van der Waals surface area contributed by atoms with Crippen LogP contribution in [0.1, 0.15) is 29.3 Å². The molecule has 5 nitrogen and oxygen atoms in total. The summed E-state index contributed by atoms with van der Waals surface area (Å²) in [5, 5.41) is 0.0630. The van der Waals surface area contributed by atoms with Crippen molar-refractivity contribution in [2.75, 3.05) is 32.1 Å². The molecule has 2 saturated heterocycles. The molecule has 3 rings (SSSR count). The summed E-state index contributed by atoms with van der Waals surface area (Å²) in [4.78, 5) is 29.7. The number of carbonyl (C=O) groups excluding carboxylic acids is 2. The Bertz CT molecular complexity index is 616. The summed E-state index contributed by atoms with van der Waals surface area (Å²) in [5.41, 5.74) is 1.72. The topological polar surface area (TPSA) is 49.9 Å². The van der Waals surface area contributed by atoms with Crippen LogP contribution >= 0.6 is 11.8 Å². The van der Waals surface area contributed by atoms with Crippen LogP contribution in [-0.4, -0.2) is 65.1 Å². The van der Waals surface area contributed by atoms with Gasteiger partial charge in [-0.3, -0.25) is 9.59 Å². The molecular formula is C18H24N2O3S. The summed E-state index contributed by atoms with van der Waals surface area (Å²) in [6.45, 7) is 6.43. The predicted molar refractivity (Wildman–Crippen MR) is 95.1 cm³/mol. The molecule has 0 aliphatic carbocycles. The average Bonchev–Trinajstić information content (AvgIpc) is 3.05. The van der Waals surface area contributed by atoms with Crippen LogP contribution in [0.5, 0.6) is 0 Å². The molecule has 2 fully saturated rings. The number of morpholine rings is 1. The summed E-state index contributed by atoms with van der Waals surface area (Å²) in [6.07, 6.45) is 0.842. The fourth-order valence-electron chi connectivity index (χ4n) is 3.26. The van der Waals surface area contributed by atoms with Crippen LogP contribution in [0, 0.1) is 6.92 Å². The highest BCUT2D eigenvalue weighted by Gasteiger charge is 2.42. The molecular weight excluding hydrogens is 324 g/mol. The second-order valence-corrected chi connectivity index (χ2v) is 7.44. The van der Waals surface area contributed by atoms with Crippen molar-refractivity contribution in [3.8, 4) is 0 Å². The lowest BCUT2D eigenvalue weighted by atomic mass is 10.1. The van der Waals surface area contributed by atoms with Crippen molar-refractivity contribution < 1.29 is 14.3 Å². The van der Waals surface area contributed by atoms with Crippen molar-refractivity contribution in [2.24, 2.45) is 0 Å². The molecule has 2 amide bonds. The van der Waals surface area contributed by atoms with Gasteiger partial charge in [-0.05, 0) is 25.5 Å². The first kappa shape index (κ1) is 17.3. The number of amides is 2. The van der Waals surface area contributed by atoms with E-state index in [0.717, 1.165) is 12.0 Å². The maximum absolute atomic E-state index is 13.1. The second-order valence-electron chi connectivity index (χ2n) is 6.23. The quantitative estimate of drug-likeness (QED) is 0.840. The van der Waals surface area contributed by atoms with Gasteiger partial charge < -0.3 is 14.5 Å². The van der Waals surface area contributed by atoms with Gasteiger partial charge in [0.25, 0.3) is 5.91 Å². The summed E-state index contributed by atoms with van der Waals surface area (Å²) in [6, 6.07) is 7.23. The Morgan fingerprint density at radius 1 is 1.29 bits per heavy atom. The van der Waals surface area contributed by atoms with E-state index in [0.29, 0.717) is 37.6 Å². The molecule has 0 saturated carbocycles. The molecule has 2 atom stereocenters. The molecule has 1 aromatic carbocycles. The van der Waals surface area contributed by atoms with E-state index in [1.807, 2.05) is 36.1 Å². The zero-order valence-electron chi connectivity index (χ0n) is 14.2. The first-order valence-electron chi connectivity index (χ1n) is 8.49. The number of hydrogen-bond acceptors (Lipinski definition) is 4. The highest BCUT2D eigenvalue weighted by Crippen LogP contribution is 2.33. The number of ether oxygens (including phenoxy) is 1. The number of rotatable bonds is 3. The zero-order valence-corrected chi connectivity index (χ0v) is 15.1. The Morgan fingerprint density at radius 3 is 2.71 bits per heavy atom. The molecule has 6 heteroatoms. The largest absolute Gasteiger partial charge is 0.378 e. The monoisotopic (exact) mass is 348 g/mol. The number of thioether (sulfide) groups is 1. The third kappa shape index (κ3) is 3.44. The van der Waals surface area contributed by atoms with Gasteiger partial charge in [-0.15, -0.1) is 11.8 Å². The lowest BCUT2D eigenvalue weighted by Gasteiger charge is -2.34. The van der Waals surface area contributed by atoms with Crippen molar-refractivity contribution in [1.82, 2.24) is 9.80 Å². The van der Waals surface area contributed by atoms with Crippen molar-refractivity contribution in [3.05, 3.63) is 35.4 Å². The first-order chi connectivity index (χ1) is 11.6. The molecule has 2 unspecified atom stereocenters. The minimum atomic E-state index is -0.369. The molecule has 1 aromatic rings. The first-order valence-corrected chi connectivity index (χ1v) is 9.54. The van der Waals surface area contributed by atoms with E-state index < -0.39 is 0 Å². The number of aryl methyl sites for hydroxylation is 1. The zero-order chi connectivity index (χ0) is 17.1. The van der Waals surface area contributed by atoms with Gasteiger partial charge in [-0.1, -0.05) is 24.6 Å². The van der Waals surface area contributed by atoms with E-state index in [1.165, 1.54) is 0 Å².